The Bertz CT molecular complexity index is 329. The fourth-order valence-corrected chi connectivity index (χ4v) is 2.52. The molecule has 0 radical (unpaired) electrons. The molecule has 0 aromatic heterocycles. The summed E-state index contributed by atoms with van der Waals surface area (Å²) in [4.78, 5) is 0. The smallest absolute Gasteiger partial charge is 0.136 e. The highest BCUT2D eigenvalue weighted by molar-refractivity contribution is 5.32. The monoisotopic (exact) mass is 207 g/mol. The van der Waals surface area contributed by atoms with E-state index >= 15 is 0 Å². The van der Waals surface area contributed by atoms with Crippen LogP contribution >= 0.6 is 0 Å². The van der Waals surface area contributed by atoms with Crippen LogP contribution in [0, 0.1) is 0 Å². The predicted molar refractivity (Wildman–Crippen MR) is 60.2 cm³/mol. The number of nitrogens with two attached hydrogens (primary N) is 1. The number of rotatable bonds is 2. The van der Waals surface area contributed by atoms with E-state index in [2.05, 4.69) is 0 Å². The number of hydrogen-bond acceptors (Lipinski definition) is 1. The average molecular weight is 207 g/mol. The van der Waals surface area contributed by atoms with Crippen molar-refractivity contribution in [2.45, 2.75) is 44.3 Å². The van der Waals surface area contributed by atoms with Crippen LogP contribution < -0.4 is 5.73 Å². The largest absolute Gasteiger partial charge is 0.326 e. The first-order valence-electron chi connectivity index (χ1n) is 5.74. The molecule has 0 amide bonds. The van der Waals surface area contributed by atoms with Crippen molar-refractivity contribution < 1.29 is 4.39 Å². The highest BCUT2D eigenvalue weighted by Crippen LogP contribution is 2.41. The van der Waals surface area contributed by atoms with Crippen LogP contribution in [-0.2, 0) is 12.2 Å². The van der Waals surface area contributed by atoms with Crippen molar-refractivity contribution in [2.24, 2.45) is 5.73 Å². The van der Waals surface area contributed by atoms with Crippen molar-refractivity contribution in [3.8, 4) is 0 Å². The lowest BCUT2D eigenvalue weighted by molar-refractivity contribution is 0.105. The minimum Gasteiger partial charge on any atom is -0.326 e. The van der Waals surface area contributed by atoms with Gasteiger partial charge < -0.3 is 5.73 Å². The number of halogens is 1. The van der Waals surface area contributed by atoms with E-state index in [1.165, 1.54) is 0 Å². The average Bonchev–Trinajstić information content (AvgIpc) is 2.30. The summed E-state index contributed by atoms with van der Waals surface area (Å²) in [5.41, 5.74) is 6.32. The Balaban J connectivity index is 2.34. The summed E-state index contributed by atoms with van der Waals surface area (Å²) >= 11 is 0. The van der Waals surface area contributed by atoms with Gasteiger partial charge in [0.25, 0.3) is 0 Å². The van der Waals surface area contributed by atoms with Gasteiger partial charge in [-0.1, -0.05) is 30.7 Å². The summed E-state index contributed by atoms with van der Waals surface area (Å²) in [5, 5.41) is 0. The lowest BCUT2D eigenvalue weighted by Crippen LogP contribution is -2.25. The van der Waals surface area contributed by atoms with E-state index in [1.54, 1.807) is 0 Å². The molecule has 0 aliphatic heterocycles. The van der Waals surface area contributed by atoms with Gasteiger partial charge in [0.05, 0.1) is 0 Å². The molecule has 0 bridgehead atoms. The van der Waals surface area contributed by atoms with Gasteiger partial charge in [0, 0.05) is 6.54 Å². The zero-order valence-electron chi connectivity index (χ0n) is 9.01. The maximum Gasteiger partial charge on any atom is 0.136 e. The molecule has 15 heavy (non-hydrogen) atoms. The van der Waals surface area contributed by atoms with Gasteiger partial charge in [-0.2, -0.15) is 0 Å². The predicted octanol–water partition coefficient (Wildman–Crippen LogP) is 3.27. The summed E-state index contributed by atoms with van der Waals surface area (Å²) in [6, 6.07) is 7.67. The summed E-state index contributed by atoms with van der Waals surface area (Å²) in [7, 11) is 0. The molecule has 0 heterocycles. The molecule has 1 aromatic carbocycles. The Morgan fingerprint density at radius 1 is 1.13 bits per heavy atom. The maximum atomic E-state index is 14.7. The fourth-order valence-electron chi connectivity index (χ4n) is 2.52. The molecule has 0 unspecified atom stereocenters. The molecule has 1 aromatic rings. The maximum absolute atomic E-state index is 14.7. The molecule has 1 nitrogen and oxygen atoms in total. The zero-order chi connectivity index (χ0) is 10.7. The van der Waals surface area contributed by atoms with Crippen LogP contribution in [0.4, 0.5) is 4.39 Å². The molecule has 2 rings (SSSR count). The highest BCUT2D eigenvalue weighted by Gasteiger charge is 2.34. The van der Waals surface area contributed by atoms with Crippen LogP contribution in [0.2, 0.25) is 0 Å². The first-order chi connectivity index (χ1) is 7.26. The third-order valence-electron chi connectivity index (χ3n) is 3.37. The standard InChI is InChI=1S/C13H18FN/c14-13(8-4-1-5-9-13)12-7-3-2-6-11(12)10-15/h2-3,6-7H,1,4-5,8-10,15H2. The molecule has 0 saturated heterocycles. The van der Waals surface area contributed by atoms with Crippen LogP contribution in [0.15, 0.2) is 24.3 Å². The minimum absolute atomic E-state index is 0.432. The first kappa shape index (κ1) is 10.6. The van der Waals surface area contributed by atoms with Crippen LogP contribution in [-0.4, -0.2) is 0 Å². The van der Waals surface area contributed by atoms with E-state index in [0.717, 1.165) is 30.4 Å². The van der Waals surface area contributed by atoms with E-state index in [0.29, 0.717) is 19.4 Å². The van der Waals surface area contributed by atoms with Gasteiger partial charge in [-0.25, -0.2) is 4.39 Å². The Labute approximate surface area is 90.5 Å². The summed E-state index contributed by atoms with van der Waals surface area (Å²) < 4.78 is 14.7. The van der Waals surface area contributed by atoms with Crippen LogP contribution in [0.3, 0.4) is 0 Å². The van der Waals surface area contributed by atoms with Crippen molar-refractivity contribution in [3.63, 3.8) is 0 Å². The van der Waals surface area contributed by atoms with Crippen molar-refractivity contribution >= 4 is 0 Å². The first-order valence-corrected chi connectivity index (χ1v) is 5.74. The Morgan fingerprint density at radius 2 is 1.80 bits per heavy atom. The third-order valence-corrected chi connectivity index (χ3v) is 3.37. The number of alkyl halides is 1. The third kappa shape index (κ3) is 2.05. The van der Waals surface area contributed by atoms with Crippen molar-refractivity contribution in [1.82, 2.24) is 0 Å². The van der Waals surface area contributed by atoms with E-state index < -0.39 is 5.67 Å². The molecule has 0 atom stereocenters. The summed E-state index contributed by atoms with van der Waals surface area (Å²) in [5.74, 6) is 0. The van der Waals surface area contributed by atoms with E-state index in [-0.39, 0.29) is 0 Å². The Kier molecular flexibility index (Phi) is 3.06. The van der Waals surface area contributed by atoms with E-state index in [1.807, 2.05) is 24.3 Å². The molecule has 1 saturated carbocycles. The fraction of sp³-hybridized carbons (Fsp3) is 0.538. The molecule has 1 aliphatic carbocycles. The van der Waals surface area contributed by atoms with Crippen LogP contribution in [0.5, 0.6) is 0 Å². The SMILES string of the molecule is NCc1ccccc1C1(F)CCCCC1. The second kappa shape index (κ2) is 4.31. The van der Waals surface area contributed by atoms with E-state index in [9.17, 15) is 4.39 Å². The summed E-state index contributed by atoms with van der Waals surface area (Å²) in [6.45, 7) is 0.432. The van der Waals surface area contributed by atoms with Gasteiger partial charge in [-0.3, -0.25) is 0 Å². The van der Waals surface area contributed by atoms with Gasteiger partial charge in [0.15, 0.2) is 0 Å². The van der Waals surface area contributed by atoms with Crippen LogP contribution in [0.25, 0.3) is 0 Å². The lowest BCUT2D eigenvalue weighted by Gasteiger charge is -2.31. The van der Waals surface area contributed by atoms with Crippen LogP contribution in [0.1, 0.15) is 43.2 Å². The molecule has 1 aliphatic rings. The second-order valence-electron chi connectivity index (χ2n) is 4.39. The van der Waals surface area contributed by atoms with Gasteiger partial charge in [-0.05, 0) is 36.8 Å². The van der Waals surface area contributed by atoms with Gasteiger partial charge in [-0.15, -0.1) is 0 Å². The second-order valence-corrected chi connectivity index (χ2v) is 4.39. The summed E-state index contributed by atoms with van der Waals surface area (Å²) in [6.07, 6.45) is 4.47. The molecule has 1 fully saturated rings. The van der Waals surface area contributed by atoms with Gasteiger partial charge >= 0.3 is 0 Å². The lowest BCUT2D eigenvalue weighted by atomic mass is 9.79. The molecule has 0 spiro atoms. The number of benzene rings is 1. The van der Waals surface area contributed by atoms with Crippen molar-refractivity contribution in [3.05, 3.63) is 35.4 Å². The van der Waals surface area contributed by atoms with Crippen molar-refractivity contribution in [1.29, 1.82) is 0 Å². The van der Waals surface area contributed by atoms with Gasteiger partial charge in [0.1, 0.15) is 5.67 Å². The Hall–Kier alpha value is -0.890. The van der Waals surface area contributed by atoms with E-state index in [4.69, 9.17) is 5.73 Å². The topological polar surface area (TPSA) is 26.0 Å². The molecular weight excluding hydrogens is 189 g/mol. The van der Waals surface area contributed by atoms with Gasteiger partial charge in [0.2, 0.25) is 0 Å². The number of hydrogen-bond donors (Lipinski definition) is 1. The highest BCUT2D eigenvalue weighted by atomic mass is 19.1. The quantitative estimate of drug-likeness (QED) is 0.791. The minimum atomic E-state index is -1.12. The molecule has 2 N–H and O–H groups in total. The van der Waals surface area contributed by atoms with Crippen molar-refractivity contribution in [2.75, 3.05) is 0 Å². The normalized spacial score (nSPS) is 20.1. The molecular formula is C13H18FN. The molecule has 82 valence electrons. The Morgan fingerprint density at radius 3 is 2.47 bits per heavy atom. The zero-order valence-corrected chi connectivity index (χ0v) is 9.01. The molecule has 2 heteroatoms.